The van der Waals surface area contributed by atoms with Gasteiger partial charge in [0.15, 0.2) is 0 Å². The number of nitrogens with zero attached hydrogens (tertiary/aromatic N) is 3. The summed E-state index contributed by atoms with van der Waals surface area (Å²) in [6, 6.07) is 14.1. The lowest BCUT2D eigenvalue weighted by Crippen LogP contribution is -2.36. The highest BCUT2D eigenvalue weighted by atomic mass is 32.2. The van der Waals surface area contributed by atoms with Crippen LogP contribution in [0.5, 0.6) is 0 Å². The molecule has 0 spiro atoms. The number of anilines is 1. The second-order valence-corrected chi connectivity index (χ2v) is 7.85. The van der Waals surface area contributed by atoms with Crippen LogP contribution in [-0.4, -0.2) is 47.3 Å². The monoisotopic (exact) mass is 425 g/mol. The molecule has 2 amide bonds. The number of carbonyl (C=O) groups excluding carboxylic acids is 2. The Bertz CT molecular complexity index is 1020. The predicted molar refractivity (Wildman–Crippen MR) is 114 cm³/mol. The number of amides is 2. The van der Waals surface area contributed by atoms with Crippen LogP contribution in [0.3, 0.4) is 0 Å². The standard InChI is InChI=1S/C21H19N3O5S/c25-20-19(30-21(26)23(20)14-15-4-2-1-3-5-15)13-16-6-7-17(18(12-16)24(27)28)22-8-10-29-11-9-22/h1-7,12-13H,8-11,14H2/b19-13-. The Morgan fingerprint density at radius 2 is 1.83 bits per heavy atom. The first kappa shape index (κ1) is 20.1. The summed E-state index contributed by atoms with van der Waals surface area (Å²) >= 11 is 0.844. The minimum absolute atomic E-state index is 0.0332. The minimum Gasteiger partial charge on any atom is -0.378 e. The maximum absolute atomic E-state index is 12.7. The lowest BCUT2D eigenvalue weighted by molar-refractivity contribution is -0.384. The largest absolute Gasteiger partial charge is 0.378 e. The highest BCUT2D eigenvalue weighted by Crippen LogP contribution is 2.35. The Kier molecular flexibility index (Phi) is 5.82. The Hall–Kier alpha value is -3.17. The third-order valence-corrected chi connectivity index (χ3v) is 5.81. The molecule has 2 aromatic carbocycles. The topological polar surface area (TPSA) is 93.0 Å². The van der Waals surface area contributed by atoms with Crippen LogP contribution in [0.1, 0.15) is 11.1 Å². The van der Waals surface area contributed by atoms with Crippen LogP contribution in [0.15, 0.2) is 53.4 Å². The SMILES string of the molecule is O=C1S/C(=C\c2ccc(N3CCOCC3)c([N+](=O)[O-])c2)C(=O)N1Cc1ccccc1. The summed E-state index contributed by atoms with van der Waals surface area (Å²) < 4.78 is 5.31. The lowest BCUT2D eigenvalue weighted by atomic mass is 10.1. The van der Waals surface area contributed by atoms with Crippen molar-refractivity contribution in [2.45, 2.75) is 6.54 Å². The fraction of sp³-hybridized carbons (Fsp3) is 0.238. The second kappa shape index (κ2) is 8.68. The third kappa shape index (κ3) is 4.22. The number of imide groups is 1. The van der Waals surface area contributed by atoms with Crippen molar-refractivity contribution in [1.82, 2.24) is 4.90 Å². The predicted octanol–water partition coefficient (Wildman–Crippen LogP) is 3.67. The molecular formula is C21H19N3O5S. The number of morpholine rings is 1. The molecule has 0 aliphatic carbocycles. The van der Waals surface area contributed by atoms with Crippen molar-refractivity contribution in [2.75, 3.05) is 31.2 Å². The summed E-state index contributed by atoms with van der Waals surface area (Å²) in [5.41, 5.74) is 1.85. The molecule has 2 heterocycles. The average molecular weight is 425 g/mol. The minimum atomic E-state index is -0.427. The molecule has 2 fully saturated rings. The molecule has 2 saturated heterocycles. The molecule has 9 heteroatoms. The number of hydrogen-bond acceptors (Lipinski definition) is 7. The first-order valence-corrected chi connectivity index (χ1v) is 10.2. The molecule has 0 atom stereocenters. The zero-order valence-corrected chi connectivity index (χ0v) is 16.8. The Balaban J connectivity index is 1.58. The van der Waals surface area contributed by atoms with Crippen molar-refractivity contribution in [2.24, 2.45) is 0 Å². The summed E-state index contributed by atoms with van der Waals surface area (Å²) in [6.45, 7) is 2.40. The van der Waals surface area contributed by atoms with E-state index in [9.17, 15) is 19.7 Å². The smallest absolute Gasteiger partial charge is 0.293 e. The summed E-state index contributed by atoms with van der Waals surface area (Å²) in [5.74, 6) is -0.395. The molecule has 0 aromatic heterocycles. The molecule has 154 valence electrons. The van der Waals surface area contributed by atoms with Gasteiger partial charge in [-0.3, -0.25) is 24.6 Å². The molecule has 0 radical (unpaired) electrons. The molecule has 2 aliphatic rings. The van der Waals surface area contributed by atoms with Gasteiger partial charge in [0.05, 0.1) is 29.6 Å². The van der Waals surface area contributed by atoms with Gasteiger partial charge >= 0.3 is 0 Å². The van der Waals surface area contributed by atoms with Crippen molar-refractivity contribution >= 4 is 40.4 Å². The number of ether oxygens (including phenoxy) is 1. The van der Waals surface area contributed by atoms with E-state index in [4.69, 9.17) is 4.74 Å². The van der Waals surface area contributed by atoms with Crippen molar-refractivity contribution in [3.05, 3.63) is 74.7 Å². The van der Waals surface area contributed by atoms with Gasteiger partial charge in [-0.05, 0) is 35.0 Å². The average Bonchev–Trinajstić information content (AvgIpc) is 3.02. The Labute approximate surface area is 177 Å². The van der Waals surface area contributed by atoms with E-state index in [0.717, 1.165) is 17.3 Å². The van der Waals surface area contributed by atoms with E-state index < -0.39 is 10.8 Å². The number of carbonyl (C=O) groups is 2. The normalized spacial score (nSPS) is 18.3. The van der Waals surface area contributed by atoms with Crippen molar-refractivity contribution in [3.8, 4) is 0 Å². The first-order valence-electron chi connectivity index (χ1n) is 9.43. The number of hydrogen-bond donors (Lipinski definition) is 0. The fourth-order valence-electron chi connectivity index (χ4n) is 3.40. The lowest BCUT2D eigenvalue weighted by Gasteiger charge is -2.28. The molecule has 8 nitrogen and oxygen atoms in total. The summed E-state index contributed by atoms with van der Waals surface area (Å²) in [6.07, 6.45) is 1.53. The van der Waals surface area contributed by atoms with E-state index in [1.807, 2.05) is 35.2 Å². The molecule has 2 aliphatic heterocycles. The van der Waals surface area contributed by atoms with Gasteiger partial charge in [0.1, 0.15) is 5.69 Å². The molecular weight excluding hydrogens is 406 g/mol. The Morgan fingerprint density at radius 1 is 1.10 bits per heavy atom. The van der Waals surface area contributed by atoms with E-state index >= 15 is 0 Å². The molecule has 0 N–H and O–H groups in total. The van der Waals surface area contributed by atoms with Gasteiger partial charge < -0.3 is 9.64 Å². The quantitative estimate of drug-likeness (QED) is 0.410. The van der Waals surface area contributed by atoms with Crippen LogP contribution < -0.4 is 4.90 Å². The van der Waals surface area contributed by atoms with Gasteiger partial charge in [-0.2, -0.15) is 0 Å². The van der Waals surface area contributed by atoms with Crippen molar-refractivity contribution < 1.29 is 19.2 Å². The van der Waals surface area contributed by atoms with Crippen LogP contribution in [0.2, 0.25) is 0 Å². The zero-order chi connectivity index (χ0) is 21.1. The highest BCUT2D eigenvalue weighted by Gasteiger charge is 2.35. The van der Waals surface area contributed by atoms with Crippen LogP contribution in [0.4, 0.5) is 16.2 Å². The number of benzene rings is 2. The maximum Gasteiger partial charge on any atom is 0.293 e. The molecule has 0 unspecified atom stereocenters. The van der Waals surface area contributed by atoms with Gasteiger partial charge in [0.2, 0.25) is 0 Å². The first-order chi connectivity index (χ1) is 14.5. The van der Waals surface area contributed by atoms with E-state index in [2.05, 4.69) is 0 Å². The maximum atomic E-state index is 12.7. The van der Waals surface area contributed by atoms with Crippen LogP contribution in [0.25, 0.3) is 6.08 Å². The van der Waals surface area contributed by atoms with Gasteiger partial charge in [-0.25, -0.2) is 0 Å². The van der Waals surface area contributed by atoms with Gasteiger partial charge in [0.25, 0.3) is 16.8 Å². The molecule has 4 rings (SSSR count). The number of nitro benzene ring substituents is 1. The van der Waals surface area contributed by atoms with E-state index in [-0.39, 0.29) is 22.4 Å². The third-order valence-electron chi connectivity index (χ3n) is 4.90. The van der Waals surface area contributed by atoms with Gasteiger partial charge in [-0.15, -0.1) is 0 Å². The van der Waals surface area contributed by atoms with Gasteiger partial charge in [-0.1, -0.05) is 36.4 Å². The fourth-order valence-corrected chi connectivity index (χ4v) is 4.24. The summed E-state index contributed by atoms with van der Waals surface area (Å²) in [7, 11) is 0. The molecule has 0 saturated carbocycles. The van der Waals surface area contributed by atoms with Crippen LogP contribution >= 0.6 is 11.8 Å². The molecule has 30 heavy (non-hydrogen) atoms. The van der Waals surface area contributed by atoms with Crippen LogP contribution in [-0.2, 0) is 16.1 Å². The summed E-state index contributed by atoms with van der Waals surface area (Å²) in [4.78, 5) is 39.6. The highest BCUT2D eigenvalue weighted by molar-refractivity contribution is 8.18. The van der Waals surface area contributed by atoms with E-state index in [1.54, 1.807) is 12.1 Å². The summed E-state index contributed by atoms with van der Waals surface area (Å²) in [5, 5.41) is 11.3. The van der Waals surface area contributed by atoms with E-state index in [1.165, 1.54) is 17.0 Å². The Morgan fingerprint density at radius 3 is 2.53 bits per heavy atom. The second-order valence-electron chi connectivity index (χ2n) is 6.86. The number of thioether (sulfide) groups is 1. The van der Waals surface area contributed by atoms with Gasteiger partial charge in [0, 0.05) is 19.2 Å². The van der Waals surface area contributed by atoms with Crippen molar-refractivity contribution in [1.29, 1.82) is 0 Å². The van der Waals surface area contributed by atoms with Crippen molar-refractivity contribution in [3.63, 3.8) is 0 Å². The van der Waals surface area contributed by atoms with Crippen LogP contribution in [0, 0.1) is 10.1 Å². The van der Waals surface area contributed by atoms with E-state index in [0.29, 0.717) is 37.6 Å². The number of nitro groups is 1. The zero-order valence-electron chi connectivity index (χ0n) is 16.0. The molecule has 0 bridgehead atoms. The number of rotatable bonds is 5. The molecule has 2 aromatic rings.